The number of nitrogens with zero attached hydrogens (tertiary/aromatic N) is 2. The number of anilines is 1. The lowest BCUT2D eigenvalue weighted by molar-refractivity contribution is 0.0945. The molecular weight excluding hydrogens is 291 g/mol. The van der Waals surface area contributed by atoms with E-state index in [1.807, 2.05) is 12.1 Å². The Balaban J connectivity index is 0.00000162. The van der Waals surface area contributed by atoms with Crippen LogP contribution in [0.2, 0.25) is 0 Å². The lowest BCUT2D eigenvalue weighted by Gasteiger charge is -2.06. The summed E-state index contributed by atoms with van der Waals surface area (Å²) < 4.78 is 1.72. The summed E-state index contributed by atoms with van der Waals surface area (Å²) >= 11 is 0. The van der Waals surface area contributed by atoms with Crippen LogP contribution in [0.4, 0.5) is 5.69 Å². The average Bonchev–Trinajstić information content (AvgIpc) is 2.85. The molecule has 19 heavy (non-hydrogen) atoms. The lowest BCUT2D eigenvalue weighted by atomic mass is 10.4. The van der Waals surface area contributed by atoms with Gasteiger partial charge in [0.1, 0.15) is 12.0 Å². The van der Waals surface area contributed by atoms with Crippen LogP contribution < -0.4 is 21.8 Å². The van der Waals surface area contributed by atoms with Crippen molar-refractivity contribution in [1.82, 2.24) is 25.6 Å². The number of carbonyl (C=O) groups is 1. The zero-order valence-corrected chi connectivity index (χ0v) is 12.5. The molecule has 1 saturated heterocycles. The van der Waals surface area contributed by atoms with E-state index >= 15 is 0 Å². The predicted molar refractivity (Wildman–Crippen MR) is 79.3 cm³/mol. The Morgan fingerprint density at radius 1 is 1.42 bits per heavy atom. The van der Waals surface area contributed by atoms with Crippen LogP contribution in [0, 0.1) is 0 Å². The fraction of sp³-hybridized carbons (Fsp3) is 0.500. The number of rotatable bonds is 5. The molecule has 0 bridgehead atoms. The largest absolute Gasteiger partial charge is 0.397 e. The Morgan fingerprint density at radius 3 is 2.53 bits per heavy atom. The minimum absolute atomic E-state index is 0. The molecule has 2 atom stereocenters. The number of hydrogen-bond donors (Lipinski definition) is 4. The van der Waals surface area contributed by atoms with Crippen LogP contribution in [0.1, 0.15) is 10.5 Å². The molecule has 2 heterocycles. The first kappa shape index (κ1) is 18.0. The van der Waals surface area contributed by atoms with Crippen LogP contribution in [0.15, 0.2) is 12.3 Å². The molecule has 0 aromatic carbocycles. The maximum atomic E-state index is 11.8. The van der Waals surface area contributed by atoms with E-state index in [-0.39, 0.29) is 37.0 Å². The number of hydrazine groups is 1. The third-order valence-electron chi connectivity index (χ3n) is 2.65. The minimum Gasteiger partial charge on any atom is -0.397 e. The van der Waals surface area contributed by atoms with Crippen molar-refractivity contribution >= 4 is 36.4 Å². The Hall–Kier alpha value is -0.990. The predicted octanol–water partition coefficient (Wildman–Crippen LogP) is -0.496. The van der Waals surface area contributed by atoms with Crippen molar-refractivity contribution in [2.24, 2.45) is 7.05 Å². The normalized spacial score (nSPS) is 20.1. The number of nitrogens with two attached hydrogens (primary N) is 1. The number of nitrogens with one attached hydrogen (secondary N) is 3. The van der Waals surface area contributed by atoms with Crippen LogP contribution >= 0.6 is 24.8 Å². The first-order valence-corrected chi connectivity index (χ1v) is 5.50. The monoisotopic (exact) mass is 310 g/mol. The lowest BCUT2D eigenvalue weighted by Crippen LogP contribution is -2.34. The molecule has 0 aliphatic carbocycles. The first-order valence-electron chi connectivity index (χ1n) is 5.50. The maximum absolute atomic E-state index is 11.8. The fourth-order valence-electron chi connectivity index (χ4n) is 1.63. The van der Waals surface area contributed by atoms with E-state index in [1.165, 1.54) is 0 Å². The molecule has 1 aliphatic rings. The van der Waals surface area contributed by atoms with E-state index in [0.717, 1.165) is 0 Å². The molecule has 2 rings (SSSR count). The number of nitrogen functional groups attached to an aromatic ring is 1. The average molecular weight is 311 g/mol. The summed E-state index contributed by atoms with van der Waals surface area (Å²) in [6.07, 6.45) is 1.95. The molecule has 0 saturated carbocycles. The second-order valence-electron chi connectivity index (χ2n) is 4.12. The van der Waals surface area contributed by atoms with E-state index in [4.69, 9.17) is 5.73 Å². The van der Waals surface area contributed by atoms with Crippen molar-refractivity contribution in [2.45, 2.75) is 6.29 Å². The van der Waals surface area contributed by atoms with Gasteiger partial charge in [-0.25, -0.2) is 10.4 Å². The van der Waals surface area contributed by atoms with Gasteiger partial charge in [0.25, 0.3) is 5.91 Å². The van der Waals surface area contributed by atoms with Crippen molar-refractivity contribution in [3.63, 3.8) is 0 Å². The van der Waals surface area contributed by atoms with Gasteiger partial charge >= 0.3 is 0 Å². The molecule has 0 radical (unpaired) electrons. The molecule has 9 heteroatoms. The quantitative estimate of drug-likeness (QED) is 0.434. The Kier molecular flexibility index (Phi) is 7.17. The highest BCUT2D eigenvalue weighted by molar-refractivity contribution is 5.93. The van der Waals surface area contributed by atoms with Gasteiger partial charge in [-0.2, -0.15) is 0 Å². The van der Waals surface area contributed by atoms with E-state index in [9.17, 15) is 4.79 Å². The Labute approximate surface area is 124 Å². The molecule has 1 fully saturated rings. The van der Waals surface area contributed by atoms with E-state index in [0.29, 0.717) is 24.5 Å². The number of aryl methyl sites for hydroxylation is 1. The van der Waals surface area contributed by atoms with Crippen molar-refractivity contribution in [1.29, 1.82) is 0 Å². The topological polar surface area (TPSA) is 97.0 Å². The molecule has 1 aromatic heterocycles. The summed E-state index contributed by atoms with van der Waals surface area (Å²) in [7, 11) is 3.75. The molecule has 5 N–H and O–H groups in total. The van der Waals surface area contributed by atoms with Crippen LogP contribution in [-0.4, -0.2) is 41.9 Å². The molecule has 1 aliphatic heterocycles. The van der Waals surface area contributed by atoms with Crippen molar-refractivity contribution in [2.75, 3.05) is 25.9 Å². The van der Waals surface area contributed by atoms with Gasteiger partial charge in [-0.05, 0) is 6.07 Å². The highest BCUT2D eigenvalue weighted by Crippen LogP contribution is 2.07. The molecule has 2 unspecified atom stereocenters. The standard InChI is InChI=1S/C10H18N6O.2ClH/c1-15-6-7(11)5-8(15)9(17)12-3-4-13-10-14-16(10)2;;/h5-6,10,13-14H,3-4,11H2,1-2H3,(H,12,17);2*1H. The number of amides is 1. The third kappa shape index (κ3) is 4.88. The summed E-state index contributed by atoms with van der Waals surface area (Å²) in [5, 5.41) is 7.97. The molecule has 7 nitrogen and oxygen atoms in total. The zero-order chi connectivity index (χ0) is 12.4. The van der Waals surface area contributed by atoms with E-state index < -0.39 is 0 Å². The van der Waals surface area contributed by atoms with E-state index in [2.05, 4.69) is 16.1 Å². The van der Waals surface area contributed by atoms with Crippen LogP contribution in [0.3, 0.4) is 0 Å². The summed E-state index contributed by atoms with van der Waals surface area (Å²) in [6, 6.07) is 1.67. The first-order chi connectivity index (χ1) is 8.08. The number of carbonyl (C=O) groups excluding carboxylic acids is 1. The SMILES string of the molecule is CN1NC1NCCNC(=O)c1cc(N)cn1C.Cl.Cl. The number of hydrogen-bond acceptors (Lipinski definition) is 5. The van der Waals surface area contributed by atoms with Crippen LogP contribution in [-0.2, 0) is 7.05 Å². The van der Waals surface area contributed by atoms with Gasteiger partial charge in [0.05, 0.1) is 5.69 Å². The maximum Gasteiger partial charge on any atom is 0.268 e. The summed E-state index contributed by atoms with van der Waals surface area (Å²) in [5.74, 6) is -0.108. The third-order valence-corrected chi connectivity index (χ3v) is 2.65. The van der Waals surface area contributed by atoms with Gasteiger partial charge in [0, 0.05) is 33.4 Å². The Morgan fingerprint density at radius 2 is 2.05 bits per heavy atom. The van der Waals surface area contributed by atoms with Gasteiger partial charge in [-0.1, -0.05) is 0 Å². The molecular formula is C10H20Cl2N6O. The van der Waals surface area contributed by atoms with Crippen molar-refractivity contribution < 1.29 is 4.79 Å². The van der Waals surface area contributed by atoms with Gasteiger partial charge < -0.3 is 15.6 Å². The summed E-state index contributed by atoms with van der Waals surface area (Å²) in [5.41, 5.74) is 9.83. The minimum atomic E-state index is -0.108. The molecule has 0 spiro atoms. The van der Waals surface area contributed by atoms with E-state index in [1.54, 1.807) is 23.9 Å². The van der Waals surface area contributed by atoms with Gasteiger partial charge in [0.2, 0.25) is 0 Å². The summed E-state index contributed by atoms with van der Waals surface area (Å²) in [4.78, 5) is 11.8. The number of halogens is 2. The second kappa shape index (κ2) is 7.56. The molecule has 110 valence electrons. The fourth-order valence-corrected chi connectivity index (χ4v) is 1.63. The second-order valence-corrected chi connectivity index (χ2v) is 4.12. The molecule has 1 aromatic rings. The van der Waals surface area contributed by atoms with Gasteiger partial charge in [-0.15, -0.1) is 24.8 Å². The van der Waals surface area contributed by atoms with Gasteiger partial charge in [-0.3, -0.25) is 10.1 Å². The van der Waals surface area contributed by atoms with Crippen LogP contribution in [0.25, 0.3) is 0 Å². The van der Waals surface area contributed by atoms with Crippen LogP contribution in [0.5, 0.6) is 0 Å². The highest BCUT2D eigenvalue weighted by Gasteiger charge is 2.27. The van der Waals surface area contributed by atoms with Crippen molar-refractivity contribution in [3.8, 4) is 0 Å². The smallest absolute Gasteiger partial charge is 0.268 e. The molecule has 1 amide bonds. The van der Waals surface area contributed by atoms with Gasteiger partial charge in [0.15, 0.2) is 0 Å². The summed E-state index contributed by atoms with van der Waals surface area (Å²) in [6.45, 7) is 1.30. The highest BCUT2D eigenvalue weighted by atomic mass is 35.5. The number of aromatic nitrogens is 1. The van der Waals surface area contributed by atoms with Crippen molar-refractivity contribution in [3.05, 3.63) is 18.0 Å². The zero-order valence-electron chi connectivity index (χ0n) is 10.8. The Bertz CT molecular complexity index is 424.